The Hall–Kier alpha value is -1.94. The lowest BCUT2D eigenvalue weighted by atomic mass is 10.6. The number of hydrogen-bond donors (Lipinski definition) is 2. The largest absolute Gasteiger partial charge is 0.329 e. The minimum atomic E-state index is -0.480. The van der Waals surface area contributed by atoms with Crippen LogP contribution in [0.25, 0.3) is 0 Å². The molecule has 0 aliphatic rings. The normalized spacial score (nSPS) is 10.6. The highest BCUT2D eigenvalue weighted by atomic mass is 33.1. The van der Waals surface area contributed by atoms with Crippen molar-refractivity contribution in [2.24, 2.45) is 0 Å². The molecule has 2 heterocycles. The van der Waals surface area contributed by atoms with Gasteiger partial charge in [0.2, 0.25) is 0 Å². The second kappa shape index (κ2) is 6.48. The van der Waals surface area contributed by atoms with E-state index in [1.165, 1.54) is 55.2 Å². The predicted octanol–water partition coefficient (Wildman–Crippen LogP) is -0.617. The number of nitrogens with zero attached hydrogens (tertiary/aromatic N) is 2. The van der Waals surface area contributed by atoms with Crippen LogP contribution in [-0.4, -0.2) is 19.1 Å². The molecule has 0 radical (unpaired) electrons. The van der Waals surface area contributed by atoms with E-state index in [2.05, 4.69) is 9.97 Å². The monoisotopic (exact) mass is 314 g/mol. The summed E-state index contributed by atoms with van der Waals surface area (Å²) >= 11 is 0. The molecular weight excluding hydrogens is 304 g/mol. The van der Waals surface area contributed by atoms with E-state index in [4.69, 9.17) is 0 Å². The molecule has 0 aromatic carbocycles. The van der Waals surface area contributed by atoms with Crippen LogP contribution in [0.15, 0.2) is 43.7 Å². The highest BCUT2D eigenvalue weighted by molar-refractivity contribution is 8.76. The van der Waals surface area contributed by atoms with Gasteiger partial charge in [-0.1, -0.05) is 21.6 Å². The lowest BCUT2D eigenvalue weighted by Crippen LogP contribution is -2.28. The van der Waals surface area contributed by atoms with Gasteiger partial charge in [-0.15, -0.1) is 0 Å². The van der Waals surface area contributed by atoms with E-state index in [0.717, 1.165) is 0 Å². The molecule has 0 bridgehead atoms. The number of rotatable bonds is 5. The van der Waals surface area contributed by atoms with E-state index in [1.807, 2.05) is 0 Å². The van der Waals surface area contributed by atoms with Crippen LogP contribution in [-0.2, 0) is 11.8 Å². The summed E-state index contributed by atoms with van der Waals surface area (Å²) in [4.78, 5) is 48.8. The molecule has 2 aromatic heterocycles. The van der Waals surface area contributed by atoms with Crippen LogP contribution >= 0.6 is 21.6 Å². The van der Waals surface area contributed by atoms with Crippen molar-refractivity contribution in [2.45, 2.75) is 11.8 Å². The molecule has 0 saturated carbocycles. The third-order valence-electron chi connectivity index (χ3n) is 2.26. The summed E-state index contributed by atoms with van der Waals surface area (Å²) in [6, 6.07) is 2.53. The fourth-order valence-electron chi connectivity index (χ4n) is 1.28. The second-order valence-electron chi connectivity index (χ2n) is 3.65. The average Bonchev–Trinajstić information content (AvgIpc) is 2.39. The molecule has 2 rings (SSSR count). The van der Waals surface area contributed by atoms with E-state index in [9.17, 15) is 19.2 Å². The van der Waals surface area contributed by atoms with Crippen LogP contribution in [0.2, 0.25) is 0 Å². The maximum atomic E-state index is 11.4. The van der Waals surface area contributed by atoms with E-state index < -0.39 is 22.5 Å². The fourth-order valence-corrected chi connectivity index (χ4v) is 3.19. The summed E-state index contributed by atoms with van der Waals surface area (Å²) < 4.78 is 2.68. The molecule has 0 aliphatic carbocycles. The Labute approximate surface area is 119 Å². The van der Waals surface area contributed by atoms with Crippen LogP contribution in [0.3, 0.4) is 0 Å². The van der Waals surface area contributed by atoms with Crippen LogP contribution in [0.1, 0.15) is 0 Å². The lowest BCUT2D eigenvalue weighted by Gasteiger charge is -2.05. The van der Waals surface area contributed by atoms with Crippen molar-refractivity contribution in [1.82, 2.24) is 19.1 Å². The molecule has 2 aromatic rings. The predicted molar refractivity (Wildman–Crippen MR) is 77.8 cm³/mol. The van der Waals surface area contributed by atoms with Crippen molar-refractivity contribution in [2.75, 3.05) is 0 Å². The maximum Gasteiger partial charge on any atom is 0.329 e. The lowest BCUT2D eigenvalue weighted by molar-refractivity contribution is 0.782. The van der Waals surface area contributed by atoms with Gasteiger partial charge < -0.3 is 0 Å². The third kappa shape index (κ3) is 3.78. The molecule has 0 fully saturated rings. The Morgan fingerprint density at radius 2 is 1.20 bits per heavy atom. The minimum Gasteiger partial charge on any atom is -0.290 e. The summed E-state index contributed by atoms with van der Waals surface area (Å²) in [5.41, 5.74) is -1.84. The zero-order valence-electron chi connectivity index (χ0n) is 10.1. The number of hydrogen-bond acceptors (Lipinski definition) is 6. The van der Waals surface area contributed by atoms with Crippen molar-refractivity contribution >= 4 is 21.6 Å². The van der Waals surface area contributed by atoms with Crippen molar-refractivity contribution in [1.29, 1.82) is 0 Å². The standard InChI is InChI=1S/C10H10N4O4S2/c15-7-1-3-13(9(17)11-7)5-19-20-6-14-4-2-8(16)12-10(14)18/h1-4H,5-6H2,(H,11,15,17)(H,12,16,18). The SMILES string of the molecule is O=c1ccn(CSSCn2ccc(=O)[nH]c2=O)c(=O)[nH]1. The van der Waals surface area contributed by atoms with Gasteiger partial charge in [0.1, 0.15) is 0 Å². The molecule has 10 heteroatoms. The van der Waals surface area contributed by atoms with E-state index >= 15 is 0 Å². The molecule has 2 N–H and O–H groups in total. The van der Waals surface area contributed by atoms with Gasteiger partial charge in [-0.2, -0.15) is 0 Å². The Kier molecular flexibility index (Phi) is 4.69. The number of nitrogens with one attached hydrogen (secondary N) is 2. The second-order valence-corrected chi connectivity index (χ2v) is 6.06. The van der Waals surface area contributed by atoms with Gasteiger partial charge in [-0.25, -0.2) is 9.59 Å². The Balaban J connectivity index is 1.90. The molecule has 0 amide bonds. The summed E-state index contributed by atoms with van der Waals surface area (Å²) in [7, 11) is 2.68. The van der Waals surface area contributed by atoms with Gasteiger partial charge in [-0.3, -0.25) is 28.7 Å². The molecule has 0 atom stereocenters. The van der Waals surface area contributed by atoms with E-state index in [-0.39, 0.29) is 0 Å². The first-order valence-corrected chi connectivity index (χ1v) is 7.89. The van der Waals surface area contributed by atoms with Gasteiger partial charge in [-0.05, 0) is 0 Å². The van der Waals surface area contributed by atoms with Crippen LogP contribution in [0.5, 0.6) is 0 Å². The third-order valence-corrected chi connectivity index (χ3v) is 4.33. The average molecular weight is 314 g/mol. The first-order valence-electron chi connectivity index (χ1n) is 5.40. The van der Waals surface area contributed by atoms with Gasteiger partial charge >= 0.3 is 11.4 Å². The summed E-state index contributed by atoms with van der Waals surface area (Å²) in [6.45, 7) is 0. The first-order chi connectivity index (χ1) is 9.56. The molecule has 20 heavy (non-hydrogen) atoms. The highest BCUT2D eigenvalue weighted by Gasteiger charge is 1.99. The Bertz CT molecular complexity index is 749. The van der Waals surface area contributed by atoms with Gasteiger partial charge in [0.25, 0.3) is 11.1 Å². The smallest absolute Gasteiger partial charge is 0.290 e. The zero-order chi connectivity index (χ0) is 14.5. The summed E-state index contributed by atoms with van der Waals surface area (Å²) in [5, 5.41) is 0. The van der Waals surface area contributed by atoms with E-state index in [1.54, 1.807) is 0 Å². The van der Waals surface area contributed by atoms with Crippen LogP contribution in [0.4, 0.5) is 0 Å². The molecule has 0 aliphatic heterocycles. The van der Waals surface area contributed by atoms with Gasteiger partial charge in [0.15, 0.2) is 0 Å². The zero-order valence-corrected chi connectivity index (χ0v) is 11.7. The fraction of sp³-hybridized carbons (Fsp3) is 0.200. The van der Waals surface area contributed by atoms with E-state index in [0.29, 0.717) is 11.8 Å². The van der Waals surface area contributed by atoms with Crippen LogP contribution < -0.4 is 22.5 Å². The first kappa shape index (κ1) is 14.5. The van der Waals surface area contributed by atoms with Gasteiger partial charge in [0, 0.05) is 24.5 Å². The molecule has 0 unspecified atom stereocenters. The molecule has 106 valence electrons. The number of aromatic amines is 2. The maximum absolute atomic E-state index is 11.4. The minimum absolute atomic E-state index is 0.332. The quantitative estimate of drug-likeness (QED) is 0.562. The van der Waals surface area contributed by atoms with Crippen molar-refractivity contribution in [3.8, 4) is 0 Å². The van der Waals surface area contributed by atoms with Crippen molar-refractivity contribution < 1.29 is 0 Å². The van der Waals surface area contributed by atoms with Gasteiger partial charge in [0.05, 0.1) is 11.8 Å². The number of aromatic nitrogens is 4. The molecule has 0 spiro atoms. The molecule has 8 nitrogen and oxygen atoms in total. The molecular formula is C10H10N4O4S2. The molecule has 0 saturated heterocycles. The van der Waals surface area contributed by atoms with Crippen LogP contribution in [0, 0.1) is 0 Å². The summed E-state index contributed by atoms with van der Waals surface area (Å²) in [5.74, 6) is 0.663. The van der Waals surface area contributed by atoms with Crippen molar-refractivity contribution in [3.05, 3.63) is 66.2 Å². The Morgan fingerprint density at radius 1 is 0.800 bits per heavy atom. The highest BCUT2D eigenvalue weighted by Crippen LogP contribution is 2.23. The topological polar surface area (TPSA) is 110 Å². The number of H-pyrrole nitrogens is 2. The van der Waals surface area contributed by atoms with Crippen molar-refractivity contribution in [3.63, 3.8) is 0 Å². The Morgan fingerprint density at radius 3 is 1.55 bits per heavy atom. The summed E-state index contributed by atoms with van der Waals surface area (Å²) in [6.07, 6.45) is 2.81.